The van der Waals surface area contributed by atoms with E-state index in [-0.39, 0.29) is 5.41 Å². The Balaban J connectivity index is 2.68. The minimum Gasteiger partial charge on any atom is -0.307 e. The van der Waals surface area contributed by atoms with Crippen LogP contribution in [0.5, 0.6) is 0 Å². The lowest BCUT2D eigenvalue weighted by atomic mass is 9.92. The molecule has 0 aliphatic rings. The van der Waals surface area contributed by atoms with Crippen molar-refractivity contribution in [1.82, 2.24) is 5.32 Å². The van der Waals surface area contributed by atoms with Gasteiger partial charge in [0.15, 0.2) is 0 Å². The Morgan fingerprint density at radius 2 is 2.23 bits per heavy atom. The van der Waals surface area contributed by atoms with Gasteiger partial charge in [-0.2, -0.15) is 12.6 Å². The van der Waals surface area contributed by atoms with Crippen molar-refractivity contribution in [1.29, 1.82) is 0 Å². The van der Waals surface area contributed by atoms with Crippen molar-refractivity contribution in [2.75, 3.05) is 12.4 Å². The fraction of sp³-hybridized carbons (Fsp3) is 0.556. The quantitative estimate of drug-likeness (QED) is 0.604. The van der Waals surface area contributed by atoms with Crippen molar-refractivity contribution in [3.8, 4) is 0 Å². The van der Waals surface area contributed by atoms with E-state index in [4.69, 9.17) is 11.6 Å². The Morgan fingerprint density at radius 3 is 2.69 bits per heavy atom. The number of halogens is 1. The molecular weight excluding hydrogens is 222 g/mol. The Hall–Kier alpha value is 0.300. The van der Waals surface area contributed by atoms with Gasteiger partial charge in [0.1, 0.15) is 0 Å². The van der Waals surface area contributed by atoms with Gasteiger partial charge in [-0.05, 0) is 12.1 Å². The van der Waals surface area contributed by atoms with E-state index >= 15 is 0 Å². The highest BCUT2D eigenvalue weighted by Crippen LogP contribution is 2.31. The predicted octanol–water partition coefficient (Wildman–Crippen LogP) is 3.16. The van der Waals surface area contributed by atoms with Crippen molar-refractivity contribution in [2.24, 2.45) is 0 Å². The van der Waals surface area contributed by atoms with Crippen LogP contribution in [0, 0.1) is 0 Å². The molecule has 0 radical (unpaired) electrons. The van der Waals surface area contributed by atoms with E-state index in [9.17, 15) is 0 Å². The van der Waals surface area contributed by atoms with E-state index < -0.39 is 0 Å². The third kappa shape index (κ3) is 3.17. The molecule has 1 N–H and O–H groups in total. The van der Waals surface area contributed by atoms with E-state index in [1.807, 2.05) is 6.07 Å². The molecule has 1 heterocycles. The molecule has 1 nitrogen and oxygen atoms in total. The molecule has 1 rings (SSSR count). The highest BCUT2D eigenvalue weighted by Gasteiger charge is 2.21. The van der Waals surface area contributed by atoms with E-state index in [0.29, 0.717) is 5.88 Å². The average Bonchev–Trinajstić information content (AvgIpc) is 2.49. The molecule has 0 aliphatic carbocycles. The number of thiophene rings is 1. The molecule has 0 fully saturated rings. The lowest BCUT2D eigenvalue weighted by Gasteiger charge is -2.23. The zero-order valence-corrected chi connectivity index (χ0v) is 10.3. The monoisotopic (exact) mass is 235 g/mol. The Labute approximate surface area is 93.9 Å². The second-order valence-electron chi connectivity index (χ2n) is 3.57. The number of hydrogen-bond donors (Lipinski definition) is 2. The van der Waals surface area contributed by atoms with Crippen molar-refractivity contribution in [2.45, 2.75) is 19.3 Å². The average molecular weight is 236 g/mol. The summed E-state index contributed by atoms with van der Waals surface area (Å²) < 4.78 is 0.856. The summed E-state index contributed by atoms with van der Waals surface area (Å²) in [6.07, 6.45) is 0. The highest BCUT2D eigenvalue weighted by molar-refractivity contribution is 7.80. The molecular formula is C9H14ClNS2. The molecule has 0 aliphatic heterocycles. The largest absolute Gasteiger partial charge is 0.307 e. The minimum absolute atomic E-state index is 0.139. The number of rotatable bonds is 4. The van der Waals surface area contributed by atoms with Gasteiger partial charge in [0.2, 0.25) is 0 Å². The van der Waals surface area contributed by atoms with Crippen LogP contribution in [0.1, 0.15) is 18.7 Å². The Morgan fingerprint density at radius 1 is 1.54 bits per heavy atom. The molecule has 0 spiro atoms. The summed E-state index contributed by atoms with van der Waals surface area (Å²) in [7, 11) is 0. The van der Waals surface area contributed by atoms with Gasteiger partial charge in [0.25, 0.3) is 0 Å². The van der Waals surface area contributed by atoms with Crippen LogP contribution < -0.4 is 5.32 Å². The summed E-state index contributed by atoms with van der Waals surface area (Å²) >= 11 is 11.6. The lowest BCUT2D eigenvalue weighted by molar-refractivity contribution is 0.499. The van der Waals surface area contributed by atoms with Crippen molar-refractivity contribution < 1.29 is 0 Å². The number of hydrogen-bond acceptors (Lipinski definition) is 3. The SMILES string of the molecule is CC(C)(CNCS)c1ccc(Cl)s1. The molecule has 0 atom stereocenters. The molecule has 0 bridgehead atoms. The van der Waals surface area contributed by atoms with E-state index in [1.54, 1.807) is 11.3 Å². The lowest BCUT2D eigenvalue weighted by Crippen LogP contribution is -2.31. The van der Waals surface area contributed by atoms with Crippen LogP contribution in [0.25, 0.3) is 0 Å². The maximum Gasteiger partial charge on any atom is 0.0931 e. The fourth-order valence-corrected chi connectivity index (χ4v) is 2.39. The van der Waals surface area contributed by atoms with Crippen molar-refractivity contribution in [3.63, 3.8) is 0 Å². The van der Waals surface area contributed by atoms with E-state index in [1.165, 1.54) is 4.88 Å². The first-order valence-electron chi connectivity index (χ1n) is 4.13. The summed E-state index contributed by atoms with van der Waals surface area (Å²) in [6, 6.07) is 4.04. The van der Waals surface area contributed by atoms with Gasteiger partial charge in [-0.1, -0.05) is 25.4 Å². The molecule has 0 saturated carbocycles. The minimum atomic E-state index is 0.139. The molecule has 0 unspecified atom stereocenters. The molecule has 4 heteroatoms. The number of thiol groups is 1. The third-order valence-corrected chi connectivity index (χ3v) is 3.74. The van der Waals surface area contributed by atoms with Crippen LogP contribution in [-0.2, 0) is 5.41 Å². The van der Waals surface area contributed by atoms with E-state index in [2.05, 4.69) is 37.9 Å². The zero-order chi connectivity index (χ0) is 9.90. The highest BCUT2D eigenvalue weighted by atomic mass is 35.5. The van der Waals surface area contributed by atoms with Gasteiger partial charge in [0.05, 0.1) is 4.34 Å². The van der Waals surface area contributed by atoms with Crippen LogP contribution in [0.4, 0.5) is 0 Å². The molecule has 1 aromatic rings. The van der Waals surface area contributed by atoms with Crippen LogP contribution >= 0.6 is 35.6 Å². The Kier molecular flexibility index (Phi) is 4.10. The van der Waals surface area contributed by atoms with Gasteiger partial charge in [-0.3, -0.25) is 0 Å². The second kappa shape index (κ2) is 4.69. The Bertz CT molecular complexity index is 270. The van der Waals surface area contributed by atoms with Gasteiger partial charge in [-0.25, -0.2) is 0 Å². The first-order valence-corrected chi connectivity index (χ1v) is 5.96. The second-order valence-corrected chi connectivity index (χ2v) is 5.60. The van der Waals surface area contributed by atoms with Gasteiger partial charge >= 0.3 is 0 Å². The number of nitrogens with one attached hydrogen (secondary N) is 1. The summed E-state index contributed by atoms with van der Waals surface area (Å²) in [5.41, 5.74) is 0.139. The zero-order valence-electron chi connectivity index (χ0n) is 7.80. The van der Waals surface area contributed by atoms with Crippen molar-refractivity contribution in [3.05, 3.63) is 21.3 Å². The smallest absolute Gasteiger partial charge is 0.0931 e. The summed E-state index contributed by atoms with van der Waals surface area (Å²) in [5.74, 6) is 0.711. The molecule has 0 aromatic carbocycles. The van der Waals surface area contributed by atoms with Crippen LogP contribution in [-0.4, -0.2) is 12.4 Å². The summed E-state index contributed by atoms with van der Waals surface area (Å²) in [4.78, 5) is 1.31. The van der Waals surface area contributed by atoms with Gasteiger partial charge < -0.3 is 5.32 Å². The molecule has 0 saturated heterocycles. The fourth-order valence-electron chi connectivity index (χ4n) is 1.13. The van der Waals surface area contributed by atoms with Crippen LogP contribution in [0.3, 0.4) is 0 Å². The topological polar surface area (TPSA) is 12.0 Å². The molecule has 74 valence electrons. The molecule has 13 heavy (non-hydrogen) atoms. The maximum atomic E-state index is 5.88. The first-order chi connectivity index (χ1) is 6.06. The third-order valence-electron chi connectivity index (χ3n) is 1.92. The van der Waals surface area contributed by atoms with Crippen molar-refractivity contribution >= 4 is 35.6 Å². The maximum absolute atomic E-state index is 5.88. The standard InChI is InChI=1S/C9H14ClNS2/c1-9(2,5-11-6-12)7-3-4-8(10)13-7/h3-4,11-12H,5-6H2,1-2H3. The molecule has 1 aromatic heterocycles. The summed E-state index contributed by atoms with van der Waals surface area (Å²) in [6.45, 7) is 5.32. The van der Waals surface area contributed by atoms with Gasteiger partial charge in [-0.15, -0.1) is 11.3 Å². The molecule has 0 amide bonds. The predicted molar refractivity (Wildman–Crippen MR) is 64.2 cm³/mol. The first kappa shape index (κ1) is 11.4. The van der Waals surface area contributed by atoms with Crippen LogP contribution in [0.15, 0.2) is 12.1 Å². The van der Waals surface area contributed by atoms with Crippen LogP contribution in [0.2, 0.25) is 4.34 Å². The normalized spacial score (nSPS) is 12.0. The van der Waals surface area contributed by atoms with E-state index in [0.717, 1.165) is 10.9 Å². The summed E-state index contributed by atoms with van der Waals surface area (Å²) in [5, 5.41) is 3.22. The van der Waals surface area contributed by atoms with Gasteiger partial charge in [0, 0.05) is 22.7 Å².